The van der Waals surface area contributed by atoms with Crippen LogP contribution in [-0.2, 0) is 0 Å². The van der Waals surface area contributed by atoms with Gasteiger partial charge in [-0.05, 0) is 57.7 Å². The maximum atomic E-state index is 15.0. The molecule has 6 nitrogen and oxygen atoms in total. The number of likely N-dealkylation sites (N-methyl/N-ethyl adjacent to an activating group) is 1. The summed E-state index contributed by atoms with van der Waals surface area (Å²) in [4.78, 5) is 6.00. The molecule has 2 aliphatic heterocycles. The number of nitrogens with one attached hydrogen (secondary N) is 1. The number of halogens is 4. The highest BCUT2D eigenvalue weighted by molar-refractivity contribution is 7.80. The zero-order valence-corrected chi connectivity index (χ0v) is 18.4. The summed E-state index contributed by atoms with van der Waals surface area (Å²) >= 11 is 4.74. The van der Waals surface area contributed by atoms with E-state index in [2.05, 4.69) is 20.3 Å². The summed E-state index contributed by atoms with van der Waals surface area (Å²) in [5.74, 6) is -1.82. The first-order chi connectivity index (χ1) is 14.6. The van der Waals surface area contributed by atoms with Crippen molar-refractivity contribution in [3.63, 3.8) is 0 Å². The minimum atomic E-state index is -4.20. The molecule has 0 radical (unpaired) electrons. The van der Waals surface area contributed by atoms with Crippen molar-refractivity contribution in [2.75, 3.05) is 50.1 Å². The van der Waals surface area contributed by atoms with Gasteiger partial charge in [-0.3, -0.25) is 5.43 Å². The van der Waals surface area contributed by atoms with E-state index < -0.39 is 17.9 Å². The third-order valence-corrected chi connectivity index (χ3v) is 6.10. The van der Waals surface area contributed by atoms with Crippen molar-refractivity contribution in [3.8, 4) is 0 Å². The summed E-state index contributed by atoms with van der Waals surface area (Å²) in [7, 11) is 4.03. The predicted molar refractivity (Wildman–Crippen MR) is 119 cm³/mol. The van der Waals surface area contributed by atoms with Crippen molar-refractivity contribution in [1.29, 1.82) is 0 Å². The number of nitrogens with two attached hydrogens (primary N) is 1. The van der Waals surface area contributed by atoms with E-state index in [1.807, 2.05) is 14.1 Å². The molecule has 3 N–H and O–H groups in total. The van der Waals surface area contributed by atoms with Gasteiger partial charge in [0.2, 0.25) is 0 Å². The topological polar surface area (TPSA) is 60.1 Å². The fraction of sp³-hybridized carbons (Fsp3) is 0.600. The molecule has 2 saturated heterocycles. The number of nitrogens with zero attached hydrogens (tertiary/aromatic N) is 4. The number of anilines is 2. The summed E-state index contributed by atoms with van der Waals surface area (Å²) in [6.07, 6.45) is -1.86. The van der Waals surface area contributed by atoms with Gasteiger partial charge >= 0.3 is 6.18 Å². The number of piperidine rings is 1. The molecule has 2 aliphatic rings. The van der Waals surface area contributed by atoms with Crippen LogP contribution < -0.4 is 21.0 Å². The monoisotopic (exact) mass is 460 g/mol. The van der Waals surface area contributed by atoms with Crippen LogP contribution in [0.2, 0.25) is 0 Å². The van der Waals surface area contributed by atoms with Gasteiger partial charge in [0.25, 0.3) is 0 Å². The van der Waals surface area contributed by atoms with Gasteiger partial charge in [-0.25, -0.2) is 4.39 Å². The first kappa shape index (κ1) is 23.5. The second-order valence-electron chi connectivity index (χ2n) is 8.25. The minimum absolute atomic E-state index is 0.00345. The van der Waals surface area contributed by atoms with E-state index in [4.69, 9.17) is 18.0 Å². The summed E-state index contributed by atoms with van der Waals surface area (Å²) in [6, 6.07) is 3.45. The summed E-state index contributed by atoms with van der Waals surface area (Å²) in [5.41, 5.74) is 9.52. The number of hydrogen-bond acceptors (Lipinski definition) is 5. The highest BCUT2D eigenvalue weighted by Gasteiger charge is 2.41. The highest BCUT2D eigenvalue weighted by atomic mass is 32.1. The first-order valence-corrected chi connectivity index (χ1v) is 10.6. The smallest absolute Gasteiger partial charge is 0.375 e. The molecular formula is C20H28F4N6S. The number of alkyl halides is 3. The number of hydrogen-bond donors (Lipinski definition) is 2. The van der Waals surface area contributed by atoms with Gasteiger partial charge in [0, 0.05) is 43.5 Å². The molecule has 1 aromatic carbocycles. The molecule has 3 rings (SSSR count). The van der Waals surface area contributed by atoms with Gasteiger partial charge in [-0.1, -0.05) is 0 Å². The van der Waals surface area contributed by atoms with Crippen LogP contribution in [0.5, 0.6) is 0 Å². The number of benzene rings is 1. The van der Waals surface area contributed by atoms with Crippen molar-refractivity contribution in [2.45, 2.75) is 31.5 Å². The molecule has 0 spiro atoms. The molecule has 0 amide bonds. The molecule has 2 heterocycles. The quantitative estimate of drug-likeness (QED) is 0.305. The third-order valence-electron chi connectivity index (χ3n) is 6.01. The SMILES string of the molecule is CN(C)C1CCN(c2cc(N3CCC(C(F)(F)F)CC3)c(F)cc2C=NNC(N)=S)C1. The standard InChI is InChI=1S/C20H28F4N6S/c1-28(2)15-5-8-30(12-15)17-10-18(16(21)9-13(17)11-26-27-19(25)31)29-6-3-14(4-7-29)20(22,23)24/h9-11,14-15H,3-8,12H2,1-2H3,(H3,25,27,31). The van der Waals surface area contributed by atoms with Crippen molar-refractivity contribution in [3.05, 3.63) is 23.5 Å². The summed E-state index contributed by atoms with van der Waals surface area (Å²) in [6.45, 7) is 1.88. The normalized spacial score (nSPS) is 20.8. The average Bonchev–Trinajstić information content (AvgIpc) is 3.18. The second-order valence-corrected chi connectivity index (χ2v) is 8.69. The molecule has 0 aromatic heterocycles. The fourth-order valence-corrected chi connectivity index (χ4v) is 4.23. The Balaban J connectivity index is 1.88. The van der Waals surface area contributed by atoms with E-state index >= 15 is 4.39 Å². The third kappa shape index (κ3) is 5.76. The zero-order valence-electron chi connectivity index (χ0n) is 17.6. The lowest BCUT2D eigenvalue weighted by atomic mass is 9.95. The van der Waals surface area contributed by atoms with E-state index in [0.29, 0.717) is 17.3 Å². The number of rotatable bonds is 5. The molecule has 0 bridgehead atoms. The Morgan fingerprint density at radius 1 is 1.16 bits per heavy atom. The van der Waals surface area contributed by atoms with Crippen molar-refractivity contribution >= 4 is 34.9 Å². The molecule has 0 aliphatic carbocycles. The average molecular weight is 461 g/mol. The minimum Gasteiger partial charge on any atom is -0.375 e. The zero-order chi connectivity index (χ0) is 22.8. The maximum Gasteiger partial charge on any atom is 0.391 e. The van der Waals surface area contributed by atoms with Crippen LogP contribution in [0.3, 0.4) is 0 Å². The molecule has 11 heteroatoms. The second kappa shape index (κ2) is 9.56. The Labute approximate surface area is 185 Å². The van der Waals surface area contributed by atoms with Crippen molar-refractivity contribution in [2.24, 2.45) is 16.8 Å². The van der Waals surface area contributed by atoms with Gasteiger partial charge in [0.05, 0.1) is 17.8 Å². The lowest BCUT2D eigenvalue weighted by Crippen LogP contribution is -2.39. The van der Waals surface area contributed by atoms with Crippen LogP contribution in [-0.4, -0.2) is 68.7 Å². The molecule has 1 aromatic rings. The van der Waals surface area contributed by atoms with Gasteiger partial charge in [-0.15, -0.1) is 0 Å². The van der Waals surface area contributed by atoms with Crippen LogP contribution in [0, 0.1) is 11.7 Å². The number of thiocarbonyl (C=S) groups is 1. The summed E-state index contributed by atoms with van der Waals surface area (Å²) < 4.78 is 54.0. The molecule has 1 unspecified atom stereocenters. The molecular weight excluding hydrogens is 432 g/mol. The lowest BCUT2D eigenvalue weighted by Gasteiger charge is -2.35. The van der Waals surface area contributed by atoms with Gasteiger partial charge in [-0.2, -0.15) is 18.3 Å². The van der Waals surface area contributed by atoms with Crippen molar-refractivity contribution < 1.29 is 17.6 Å². The van der Waals surface area contributed by atoms with Gasteiger partial charge < -0.3 is 20.4 Å². The molecule has 172 valence electrons. The Hall–Kier alpha value is -2.14. The highest BCUT2D eigenvalue weighted by Crippen LogP contribution is 2.38. The van der Waals surface area contributed by atoms with Crippen LogP contribution in [0.4, 0.5) is 28.9 Å². The number of hydrazone groups is 1. The molecule has 2 fully saturated rings. The molecule has 1 atom stereocenters. The van der Waals surface area contributed by atoms with Crippen LogP contribution >= 0.6 is 12.2 Å². The van der Waals surface area contributed by atoms with Gasteiger partial charge in [0.15, 0.2) is 5.11 Å². The van der Waals surface area contributed by atoms with E-state index in [9.17, 15) is 13.2 Å². The van der Waals surface area contributed by atoms with E-state index in [1.54, 1.807) is 11.0 Å². The largest absolute Gasteiger partial charge is 0.391 e. The Kier molecular flexibility index (Phi) is 7.25. The van der Waals surface area contributed by atoms with Crippen LogP contribution in [0.1, 0.15) is 24.8 Å². The Morgan fingerprint density at radius 3 is 2.35 bits per heavy atom. The fourth-order valence-electron chi connectivity index (χ4n) is 4.18. The Morgan fingerprint density at radius 2 is 1.81 bits per heavy atom. The molecule has 31 heavy (non-hydrogen) atoms. The first-order valence-electron chi connectivity index (χ1n) is 10.2. The van der Waals surface area contributed by atoms with E-state index in [1.165, 1.54) is 12.3 Å². The van der Waals surface area contributed by atoms with Crippen LogP contribution in [0.15, 0.2) is 17.2 Å². The maximum absolute atomic E-state index is 15.0. The van der Waals surface area contributed by atoms with Crippen LogP contribution in [0.25, 0.3) is 0 Å². The summed E-state index contributed by atoms with van der Waals surface area (Å²) in [5, 5.41) is 3.96. The van der Waals surface area contributed by atoms with Gasteiger partial charge in [0.1, 0.15) is 5.82 Å². The molecule has 0 saturated carbocycles. The van der Waals surface area contributed by atoms with Crippen molar-refractivity contribution in [1.82, 2.24) is 10.3 Å². The lowest BCUT2D eigenvalue weighted by molar-refractivity contribution is -0.179. The Bertz CT molecular complexity index is 821. The predicted octanol–water partition coefficient (Wildman–Crippen LogP) is 2.91. The van der Waals surface area contributed by atoms with E-state index in [-0.39, 0.29) is 31.0 Å². The van der Waals surface area contributed by atoms with E-state index in [0.717, 1.165) is 25.2 Å².